The van der Waals surface area contributed by atoms with E-state index in [1.54, 1.807) is 0 Å². The van der Waals surface area contributed by atoms with Crippen LogP contribution in [0.5, 0.6) is 0 Å². The Morgan fingerprint density at radius 1 is 0.917 bits per heavy atom. The van der Waals surface area contributed by atoms with Crippen LogP contribution in [0.4, 0.5) is 0 Å². The van der Waals surface area contributed by atoms with Crippen LogP contribution in [0.25, 0.3) is 0 Å². The molecule has 138 valence electrons. The molecule has 0 aliphatic carbocycles. The van der Waals surface area contributed by atoms with Gasteiger partial charge in [-0.1, -0.05) is 20.1 Å². The fourth-order valence-electron chi connectivity index (χ4n) is 2.00. The molecule has 0 aliphatic rings. The minimum absolute atomic E-state index is 0.0207. The highest BCUT2D eigenvalue weighted by atomic mass is 16.6. The van der Waals surface area contributed by atoms with Gasteiger partial charge in [0.2, 0.25) is 0 Å². The van der Waals surface area contributed by atoms with Crippen molar-refractivity contribution in [2.75, 3.05) is 26.4 Å². The molecule has 0 bridgehead atoms. The van der Waals surface area contributed by atoms with E-state index in [1.807, 2.05) is 20.8 Å². The first kappa shape index (κ1) is 22.7. The molecule has 0 aliphatic heterocycles. The van der Waals surface area contributed by atoms with Gasteiger partial charge in [-0.3, -0.25) is 9.59 Å². The van der Waals surface area contributed by atoms with Crippen LogP contribution < -0.4 is 0 Å². The molecule has 0 radical (unpaired) electrons. The minimum atomic E-state index is -0.0337. The van der Waals surface area contributed by atoms with E-state index in [1.165, 1.54) is 12.2 Å². The summed E-state index contributed by atoms with van der Waals surface area (Å²) in [4.78, 5) is 22.3. The molecule has 0 spiro atoms. The van der Waals surface area contributed by atoms with Crippen LogP contribution in [-0.4, -0.2) is 50.2 Å². The van der Waals surface area contributed by atoms with Crippen LogP contribution in [0.3, 0.4) is 0 Å². The van der Waals surface area contributed by atoms with Gasteiger partial charge in [0.1, 0.15) is 0 Å². The third-order valence-corrected chi connectivity index (χ3v) is 3.45. The lowest BCUT2D eigenvalue weighted by atomic mass is 10.1. The van der Waals surface area contributed by atoms with Crippen molar-refractivity contribution in [1.82, 2.24) is 0 Å². The van der Waals surface area contributed by atoms with Gasteiger partial charge < -0.3 is 14.2 Å². The average Bonchev–Trinajstić information content (AvgIpc) is 2.56. The number of ether oxygens (including phenoxy) is 3. The van der Waals surface area contributed by atoms with E-state index in [0.29, 0.717) is 45.7 Å². The lowest BCUT2D eigenvalue weighted by Crippen LogP contribution is -2.22. The molecular formula is C19H32O5. The summed E-state index contributed by atoms with van der Waals surface area (Å²) in [5, 5.41) is 0. The summed E-state index contributed by atoms with van der Waals surface area (Å²) < 4.78 is 16.8. The number of carbonyl (C=O) groups excluding carboxylic acids is 2. The van der Waals surface area contributed by atoms with Crippen molar-refractivity contribution in [2.45, 2.75) is 52.2 Å². The summed E-state index contributed by atoms with van der Waals surface area (Å²) in [6.45, 7) is 14.7. The van der Waals surface area contributed by atoms with Crippen molar-refractivity contribution in [1.29, 1.82) is 0 Å². The molecule has 0 amide bonds. The summed E-state index contributed by atoms with van der Waals surface area (Å²) in [7, 11) is 0. The predicted octanol–water partition coefficient (Wildman–Crippen LogP) is 3.13. The van der Waals surface area contributed by atoms with Crippen LogP contribution in [0.2, 0.25) is 0 Å². The lowest BCUT2D eigenvalue weighted by molar-refractivity contribution is -0.116. The molecule has 0 rings (SSSR count). The Labute approximate surface area is 146 Å². The van der Waals surface area contributed by atoms with E-state index >= 15 is 0 Å². The van der Waals surface area contributed by atoms with E-state index in [4.69, 9.17) is 14.2 Å². The number of ketones is 2. The largest absolute Gasteiger partial charge is 0.378 e. The molecule has 0 aromatic rings. The molecule has 5 heteroatoms. The number of rotatable bonds is 16. The van der Waals surface area contributed by atoms with Gasteiger partial charge in [-0.2, -0.15) is 0 Å². The van der Waals surface area contributed by atoms with Crippen LogP contribution in [0.15, 0.2) is 25.3 Å². The smallest absolute Gasteiger partial charge is 0.155 e. The van der Waals surface area contributed by atoms with Crippen LogP contribution in [0.1, 0.15) is 40.0 Å². The molecular weight excluding hydrogens is 308 g/mol. The highest BCUT2D eigenvalue weighted by Gasteiger charge is 2.09. The van der Waals surface area contributed by atoms with Crippen molar-refractivity contribution < 1.29 is 23.8 Å². The molecule has 0 heterocycles. The summed E-state index contributed by atoms with van der Waals surface area (Å²) >= 11 is 0. The minimum Gasteiger partial charge on any atom is -0.378 e. The third kappa shape index (κ3) is 13.2. The first-order valence-corrected chi connectivity index (χ1v) is 8.50. The van der Waals surface area contributed by atoms with Gasteiger partial charge in [0.15, 0.2) is 11.6 Å². The van der Waals surface area contributed by atoms with Crippen LogP contribution in [0, 0.1) is 5.92 Å². The van der Waals surface area contributed by atoms with Gasteiger partial charge >= 0.3 is 0 Å². The van der Waals surface area contributed by atoms with E-state index in [0.717, 1.165) is 0 Å². The van der Waals surface area contributed by atoms with E-state index < -0.39 is 0 Å². The quantitative estimate of drug-likeness (QED) is 0.319. The molecule has 24 heavy (non-hydrogen) atoms. The number of carbonyl (C=O) groups is 2. The Morgan fingerprint density at radius 3 is 2.08 bits per heavy atom. The second-order valence-corrected chi connectivity index (χ2v) is 6.09. The van der Waals surface area contributed by atoms with Gasteiger partial charge in [0, 0.05) is 19.4 Å². The highest BCUT2D eigenvalue weighted by molar-refractivity contribution is 5.89. The Hall–Kier alpha value is -1.30. The molecule has 0 aromatic heterocycles. The second kappa shape index (κ2) is 14.1. The molecule has 0 saturated heterocycles. The van der Waals surface area contributed by atoms with Crippen LogP contribution >= 0.6 is 0 Å². The maximum Gasteiger partial charge on any atom is 0.155 e. The van der Waals surface area contributed by atoms with Crippen molar-refractivity contribution in [3.63, 3.8) is 0 Å². The molecule has 5 nitrogen and oxygen atoms in total. The number of hydrogen-bond acceptors (Lipinski definition) is 5. The summed E-state index contributed by atoms with van der Waals surface area (Å²) in [5.41, 5.74) is 0. The van der Waals surface area contributed by atoms with Gasteiger partial charge in [-0.25, -0.2) is 0 Å². The standard InChI is InChI=1S/C19H32O5/c1-6-18(20)9-8-16(4)23-10-11-24-17(5)14-22-13-15(3)12-19(21)7-2/h6-7,15-17H,1-2,8-14H2,3-5H3. The maximum absolute atomic E-state index is 11.2. The molecule has 0 aromatic carbocycles. The Kier molecular flexibility index (Phi) is 13.3. The Bertz CT molecular complexity index is 391. The monoisotopic (exact) mass is 340 g/mol. The van der Waals surface area contributed by atoms with Crippen molar-refractivity contribution in [3.8, 4) is 0 Å². The summed E-state index contributed by atoms with van der Waals surface area (Å²) in [6.07, 6.45) is 4.27. The molecule has 0 saturated carbocycles. The van der Waals surface area contributed by atoms with Crippen molar-refractivity contribution in [3.05, 3.63) is 25.3 Å². The Morgan fingerprint density at radius 2 is 1.50 bits per heavy atom. The fraction of sp³-hybridized carbons (Fsp3) is 0.684. The molecule has 3 atom stereocenters. The van der Waals surface area contributed by atoms with Gasteiger partial charge in [-0.15, -0.1) is 0 Å². The number of hydrogen-bond donors (Lipinski definition) is 0. The van der Waals surface area contributed by atoms with Crippen LogP contribution in [-0.2, 0) is 23.8 Å². The first-order chi connectivity index (χ1) is 11.4. The summed E-state index contributed by atoms with van der Waals surface area (Å²) in [5.74, 6) is 0.248. The topological polar surface area (TPSA) is 61.8 Å². The molecule has 0 fully saturated rings. The van der Waals surface area contributed by atoms with E-state index in [-0.39, 0.29) is 29.7 Å². The van der Waals surface area contributed by atoms with E-state index in [9.17, 15) is 9.59 Å². The molecule has 0 N–H and O–H groups in total. The summed E-state index contributed by atoms with van der Waals surface area (Å²) in [6, 6.07) is 0. The molecule has 3 unspecified atom stereocenters. The SMILES string of the molecule is C=CC(=O)CCC(C)OCCOC(C)COCC(C)CC(=O)C=C. The van der Waals surface area contributed by atoms with Gasteiger partial charge in [-0.05, 0) is 38.3 Å². The third-order valence-electron chi connectivity index (χ3n) is 3.45. The van der Waals surface area contributed by atoms with Gasteiger partial charge in [0.25, 0.3) is 0 Å². The zero-order valence-electron chi connectivity index (χ0n) is 15.3. The highest BCUT2D eigenvalue weighted by Crippen LogP contribution is 2.05. The fourth-order valence-corrected chi connectivity index (χ4v) is 2.00. The maximum atomic E-state index is 11.2. The predicted molar refractivity (Wildman–Crippen MR) is 95.1 cm³/mol. The second-order valence-electron chi connectivity index (χ2n) is 6.09. The number of allylic oxidation sites excluding steroid dienone is 2. The first-order valence-electron chi connectivity index (χ1n) is 8.50. The lowest BCUT2D eigenvalue weighted by Gasteiger charge is -2.17. The average molecular weight is 340 g/mol. The Balaban J connectivity index is 3.60. The zero-order chi connectivity index (χ0) is 18.4. The van der Waals surface area contributed by atoms with Crippen molar-refractivity contribution >= 4 is 11.6 Å². The van der Waals surface area contributed by atoms with E-state index in [2.05, 4.69) is 13.2 Å². The van der Waals surface area contributed by atoms with Crippen molar-refractivity contribution in [2.24, 2.45) is 5.92 Å². The van der Waals surface area contributed by atoms with Gasteiger partial charge in [0.05, 0.1) is 32.0 Å². The zero-order valence-corrected chi connectivity index (χ0v) is 15.3. The normalized spacial score (nSPS) is 14.6.